The van der Waals surface area contributed by atoms with Crippen LogP contribution in [0.4, 0.5) is 4.39 Å². The van der Waals surface area contributed by atoms with Crippen LogP contribution in [0.2, 0.25) is 0 Å². The van der Waals surface area contributed by atoms with Gasteiger partial charge in [0.25, 0.3) is 0 Å². The number of benzene rings is 1. The lowest BCUT2D eigenvalue weighted by Gasteiger charge is -2.19. The van der Waals surface area contributed by atoms with Crippen molar-refractivity contribution in [1.29, 1.82) is 0 Å². The van der Waals surface area contributed by atoms with Gasteiger partial charge in [-0.25, -0.2) is 14.4 Å². The molecule has 1 aliphatic heterocycles. The van der Waals surface area contributed by atoms with Crippen LogP contribution >= 0.6 is 0 Å². The average molecular weight is 271 g/mol. The predicted octanol–water partition coefficient (Wildman–Crippen LogP) is 2.52. The Labute approximate surface area is 118 Å². The number of hydrogen-bond acceptors (Lipinski definition) is 3. The molecule has 0 radical (unpaired) electrons. The first kappa shape index (κ1) is 13.2. The smallest absolute Gasteiger partial charge is 0.123 e. The minimum atomic E-state index is -0.178. The van der Waals surface area contributed by atoms with Gasteiger partial charge in [0.2, 0.25) is 0 Å². The molecule has 1 aliphatic rings. The molecule has 1 aromatic carbocycles. The quantitative estimate of drug-likeness (QED) is 0.840. The molecule has 0 atom stereocenters. The lowest BCUT2D eigenvalue weighted by Crippen LogP contribution is -2.25. The van der Waals surface area contributed by atoms with E-state index >= 15 is 0 Å². The summed E-state index contributed by atoms with van der Waals surface area (Å²) >= 11 is 0. The van der Waals surface area contributed by atoms with E-state index in [1.807, 2.05) is 12.1 Å². The second kappa shape index (κ2) is 5.67. The van der Waals surface area contributed by atoms with Gasteiger partial charge >= 0.3 is 0 Å². The zero-order valence-corrected chi connectivity index (χ0v) is 11.6. The van der Waals surface area contributed by atoms with Crippen LogP contribution in [0.15, 0.2) is 30.6 Å². The molecule has 20 heavy (non-hydrogen) atoms. The Balaban J connectivity index is 1.70. The molecule has 2 heterocycles. The van der Waals surface area contributed by atoms with Gasteiger partial charge in [0.05, 0.1) is 0 Å². The van der Waals surface area contributed by atoms with Gasteiger partial charge in [-0.1, -0.05) is 12.1 Å². The summed E-state index contributed by atoms with van der Waals surface area (Å²) in [6, 6.07) is 6.77. The maximum absolute atomic E-state index is 12.9. The lowest BCUT2D eigenvalue weighted by molar-refractivity contribution is 0.279. The molecule has 0 saturated carbocycles. The van der Waals surface area contributed by atoms with Crippen molar-refractivity contribution in [3.8, 4) is 0 Å². The highest BCUT2D eigenvalue weighted by Gasteiger charge is 2.16. The van der Waals surface area contributed by atoms with Gasteiger partial charge in [-0.15, -0.1) is 0 Å². The predicted molar refractivity (Wildman–Crippen MR) is 75.9 cm³/mol. The molecule has 3 rings (SSSR count). The summed E-state index contributed by atoms with van der Waals surface area (Å²) in [6.45, 7) is 4.90. The third-order valence-corrected chi connectivity index (χ3v) is 3.91. The van der Waals surface area contributed by atoms with E-state index in [0.29, 0.717) is 0 Å². The standard InChI is InChI=1S/C16H18FN3/c1-12-15-6-8-20(9-7-16(15)19-11-18-12)10-13-2-4-14(17)5-3-13/h2-5,11H,6-10H2,1H3. The fourth-order valence-corrected chi connectivity index (χ4v) is 2.74. The van der Waals surface area contributed by atoms with Gasteiger partial charge in [-0.2, -0.15) is 0 Å². The first-order chi connectivity index (χ1) is 9.72. The number of rotatable bonds is 2. The summed E-state index contributed by atoms with van der Waals surface area (Å²) in [6.07, 6.45) is 3.60. The van der Waals surface area contributed by atoms with Crippen LogP contribution in [0.3, 0.4) is 0 Å². The SMILES string of the molecule is Cc1ncnc2c1CCN(Cc1ccc(F)cc1)CC2. The van der Waals surface area contributed by atoms with Crippen LogP contribution in [-0.4, -0.2) is 28.0 Å². The molecule has 0 fully saturated rings. The van der Waals surface area contributed by atoms with Crippen molar-refractivity contribution in [1.82, 2.24) is 14.9 Å². The monoisotopic (exact) mass is 271 g/mol. The Bertz CT molecular complexity index is 595. The van der Waals surface area contributed by atoms with Crippen molar-refractivity contribution in [2.45, 2.75) is 26.3 Å². The van der Waals surface area contributed by atoms with Crippen LogP contribution in [0.25, 0.3) is 0 Å². The summed E-state index contributed by atoms with van der Waals surface area (Å²) in [7, 11) is 0. The molecule has 0 amide bonds. The number of halogens is 1. The number of fused-ring (bicyclic) bond motifs is 1. The van der Waals surface area contributed by atoms with E-state index in [9.17, 15) is 4.39 Å². The first-order valence-electron chi connectivity index (χ1n) is 6.98. The Hall–Kier alpha value is -1.81. The molecular weight excluding hydrogens is 253 g/mol. The minimum Gasteiger partial charge on any atom is -0.298 e. The van der Waals surface area contributed by atoms with Crippen molar-refractivity contribution in [3.63, 3.8) is 0 Å². The zero-order valence-electron chi connectivity index (χ0n) is 11.6. The second-order valence-corrected chi connectivity index (χ2v) is 5.29. The highest BCUT2D eigenvalue weighted by Crippen LogP contribution is 2.17. The van der Waals surface area contributed by atoms with E-state index < -0.39 is 0 Å². The van der Waals surface area contributed by atoms with E-state index in [-0.39, 0.29) is 5.82 Å². The molecule has 0 bridgehead atoms. The molecule has 3 nitrogen and oxygen atoms in total. The largest absolute Gasteiger partial charge is 0.298 e. The first-order valence-corrected chi connectivity index (χ1v) is 6.98. The fraction of sp³-hybridized carbons (Fsp3) is 0.375. The van der Waals surface area contributed by atoms with E-state index in [4.69, 9.17) is 0 Å². The summed E-state index contributed by atoms with van der Waals surface area (Å²) in [5.74, 6) is -0.178. The Morgan fingerprint density at radius 1 is 1.10 bits per heavy atom. The summed E-state index contributed by atoms with van der Waals surface area (Å²) < 4.78 is 12.9. The number of aryl methyl sites for hydroxylation is 1. The van der Waals surface area contributed by atoms with Crippen molar-refractivity contribution in [2.75, 3.05) is 13.1 Å². The van der Waals surface area contributed by atoms with Gasteiger partial charge in [0.15, 0.2) is 0 Å². The maximum Gasteiger partial charge on any atom is 0.123 e. The summed E-state index contributed by atoms with van der Waals surface area (Å²) in [5, 5.41) is 0. The summed E-state index contributed by atoms with van der Waals surface area (Å²) in [4.78, 5) is 11.1. The molecule has 4 heteroatoms. The van der Waals surface area contributed by atoms with Crippen molar-refractivity contribution in [2.24, 2.45) is 0 Å². The lowest BCUT2D eigenvalue weighted by atomic mass is 10.1. The minimum absolute atomic E-state index is 0.178. The second-order valence-electron chi connectivity index (χ2n) is 5.29. The molecule has 0 unspecified atom stereocenters. The van der Waals surface area contributed by atoms with Gasteiger partial charge in [-0.05, 0) is 36.6 Å². The molecule has 0 spiro atoms. The molecule has 104 valence electrons. The topological polar surface area (TPSA) is 29.0 Å². The highest BCUT2D eigenvalue weighted by molar-refractivity contribution is 5.25. The van der Waals surface area contributed by atoms with Crippen molar-refractivity contribution in [3.05, 3.63) is 58.9 Å². The van der Waals surface area contributed by atoms with Crippen LogP contribution in [0.1, 0.15) is 22.5 Å². The zero-order chi connectivity index (χ0) is 13.9. The Morgan fingerprint density at radius 3 is 2.65 bits per heavy atom. The third-order valence-electron chi connectivity index (χ3n) is 3.91. The van der Waals surface area contributed by atoms with Crippen LogP contribution in [-0.2, 0) is 19.4 Å². The number of aromatic nitrogens is 2. The molecule has 0 saturated heterocycles. The molecule has 2 aromatic rings. The molecule has 1 aromatic heterocycles. The van der Waals surface area contributed by atoms with Crippen molar-refractivity contribution >= 4 is 0 Å². The van der Waals surface area contributed by atoms with E-state index in [1.54, 1.807) is 6.33 Å². The van der Waals surface area contributed by atoms with Crippen LogP contribution in [0.5, 0.6) is 0 Å². The van der Waals surface area contributed by atoms with Crippen LogP contribution < -0.4 is 0 Å². The van der Waals surface area contributed by atoms with E-state index in [0.717, 1.165) is 43.7 Å². The van der Waals surface area contributed by atoms with Gasteiger partial charge < -0.3 is 0 Å². The van der Waals surface area contributed by atoms with Gasteiger partial charge in [-0.3, -0.25) is 4.90 Å². The van der Waals surface area contributed by atoms with Crippen molar-refractivity contribution < 1.29 is 4.39 Å². The number of nitrogens with zero attached hydrogens (tertiary/aromatic N) is 3. The van der Waals surface area contributed by atoms with E-state index in [1.165, 1.54) is 23.4 Å². The Morgan fingerprint density at radius 2 is 1.85 bits per heavy atom. The van der Waals surface area contributed by atoms with Gasteiger partial charge in [0, 0.05) is 37.4 Å². The normalized spacial score (nSPS) is 15.7. The molecule has 0 N–H and O–H groups in total. The fourth-order valence-electron chi connectivity index (χ4n) is 2.74. The van der Waals surface area contributed by atoms with E-state index in [2.05, 4.69) is 21.8 Å². The maximum atomic E-state index is 12.9. The number of hydrogen-bond donors (Lipinski definition) is 0. The Kier molecular flexibility index (Phi) is 3.74. The highest BCUT2D eigenvalue weighted by atomic mass is 19.1. The van der Waals surface area contributed by atoms with Gasteiger partial charge in [0.1, 0.15) is 12.1 Å². The molecular formula is C16H18FN3. The average Bonchev–Trinajstić information content (AvgIpc) is 2.65. The molecule has 0 aliphatic carbocycles. The summed E-state index contributed by atoms with van der Waals surface area (Å²) in [5.41, 5.74) is 4.73. The van der Waals surface area contributed by atoms with Crippen LogP contribution in [0, 0.1) is 12.7 Å². The third kappa shape index (κ3) is 2.85.